The molecule has 0 radical (unpaired) electrons. The maximum Gasteiger partial charge on any atom is 0.243 e. The Morgan fingerprint density at radius 3 is 3.06 bits per heavy atom. The van der Waals surface area contributed by atoms with Gasteiger partial charge in [-0.15, -0.1) is 0 Å². The highest BCUT2D eigenvalue weighted by Crippen LogP contribution is 2.20. The van der Waals surface area contributed by atoms with E-state index in [2.05, 4.69) is 27.4 Å². The highest BCUT2D eigenvalue weighted by molar-refractivity contribution is 4.96. The second-order valence-electron chi connectivity index (χ2n) is 4.12. The van der Waals surface area contributed by atoms with Gasteiger partial charge in [0.25, 0.3) is 0 Å². The molecule has 0 amide bonds. The predicted molar refractivity (Wildman–Crippen MR) is 58.0 cm³/mol. The summed E-state index contributed by atoms with van der Waals surface area (Å²) in [5.74, 6) is 1.25. The Labute approximate surface area is 95.0 Å². The third-order valence-electron chi connectivity index (χ3n) is 2.82. The number of ether oxygens (including phenoxy) is 1. The van der Waals surface area contributed by atoms with Crippen molar-refractivity contribution in [2.45, 2.75) is 19.1 Å². The fraction of sp³-hybridized carbons (Fsp3) is 0.800. The van der Waals surface area contributed by atoms with Gasteiger partial charge in [0.1, 0.15) is 6.10 Å². The first-order chi connectivity index (χ1) is 7.70. The van der Waals surface area contributed by atoms with Crippen LogP contribution in [0.25, 0.3) is 0 Å². The molecule has 2 rings (SSSR count). The van der Waals surface area contributed by atoms with Gasteiger partial charge in [-0.2, -0.15) is 4.98 Å². The molecule has 0 saturated carbocycles. The zero-order valence-corrected chi connectivity index (χ0v) is 9.93. The van der Waals surface area contributed by atoms with Gasteiger partial charge < -0.3 is 19.5 Å². The summed E-state index contributed by atoms with van der Waals surface area (Å²) in [4.78, 5) is 6.55. The van der Waals surface area contributed by atoms with Gasteiger partial charge in [0.05, 0.1) is 12.6 Å². The van der Waals surface area contributed by atoms with E-state index in [1.807, 2.05) is 14.0 Å². The summed E-state index contributed by atoms with van der Waals surface area (Å²) >= 11 is 0. The van der Waals surface area contributed by atoms with Crippen molar-refractivity contribution >= 4 is 0 Å². The number of aromatic nitrogens is 2. The smallest absolute Gasteiger partial charge is 0.243 e. The second-order valence-corrected chi connectivity index (χ2v) is 4.12. The van der Waals surface area contributed by atoms with Crippen LogP contribution in [0.1, 0.15) is 30.8 Å². The van der Waals surface area contributed by atoms with Crippen LogP contribution >= 0.6 is 0 Å². The molecule has 0 aromatic carbocycles. The highest BCUT2D eigenvalue weighted by atomic mass is 16.5. The van der Waals surface area contributed by atoms with Gasteiger partial charge in [0.2, 0.25) is 11.7 Å². The number of nitrogens with one attached hydrogen (secondary N) is 1. The van der Waals surface area contributed by atoms with Crippen molar-refractivity contribution < 1.29 is 9.26 Å². The zero-order valence-electron chi connectivity index (χ0n) is 9.93. The number of hydrogen-bond donors (Lipinski definition) is 1. The van der Waals surface area contributed by atoms with Gasteiger partial charge in [0, 0.05) is 13.1 Å². The summed E-state index contributed by atoms with van der Waals surface area (Å²) in [6.07, 6.45) is -0.0692. The average Bonchev–Trinajstić information content (AvgIpc) is 2.77. The van der Waals surface area contributed by atoms with Gasteiger partial charge in [-0.05, 0) is 21.0 Å². The van der Waals surface area contributed by atoms with Gasteiger partial charge in [-0.1, -0.05) is 5.16 Å². The largest absolute Gasteiger partial charge is 0.367 e. The monoisotopic (exact) mass is 226 g/mol. The van der Waals surface area contributed by atoms with Crippen molar-refractivity contribution in [3.05, 3.63) is 11.7 Å². The Morgan fingerprint density at radius 2 is 2.38 bits per heavy atom. The molecule has 1 N–H and O–H groups in total. The lowest BCUT2D eigenvalue weighted by molar-refractivity contribution is -0.0264. The van der Waals surface area contributed by atoms with Crippen LogP contribution in [-0.2, 0) is 4.74 Å². The lowest BCUT2D eigenvalue weighted by Gasteiger charge is -2.27. The molecule has 6 heteroatoms. The van der Waals surface area contributed by atoms with Crippen LogP contribution in [0.2, 0.25) is 0 Å². The molecule has 0 spiro atoms. The van der Waals surface area contributed by atoms with Crippen LogP contribution in [0.3, 0.4) is 0 Å². The molecule has 2 heterocycles. The standard InChI is InChI=1S/C10H18N4O2/c1-7(11-2)10-12-9(13-16-10)8-6-14(3)4-5-15-8/h7-8,11H,4-6H2,1-3H3. The van der Waals surface area contributed by atoms with Crippen molar-refractivity contribution in [3.8, 4) is 0 Å². The summed E-state index contributed by atoms with van der Waals surface area (Å²) in [5, 5.41) is 7.02. The Balaban J connectivity index is 2.06. The Kier molecular flexibility index (Phi) is 3.52. The van der Waals surface area contributed by atoms with Gasteiger partial charge in [-0.25, -0.2) is 0 Å². The molecule has 2 atom stereocenters. The van der Waals surface area contributed by atoms with E-state index in [0.717, 1.165) is 13.1 Å². The molecule has 1 aliphatic rings. The molecular formula is C10H18N4O2. The molecule has 0 bridgehead atoms. The first-order valence-corrected chi connectivity index (χ1v) is 5.51. The molecule has 16 heavy (non-hydrogen) atoms. The normalized spacial score (nSPS) is 24.6. The molecule has 1 saturated heterocycles. The zero-order chi connectivity index (χ0) is 11.5. The maximum atomic E-state index is 5.61. The van der Waals surface area contributed by atoms with E-state index in [1.54, 1.807) is 0 Å². The molecule has 90 valence electrons. The SMILES string of the molecule is CNC(C)c1nc(C2CN(C)CCO2)no1. The van der Waals surface area contributed by atoms with Crippen molar-refractivity contribution in [3.63, 3.8) is 0 Å². The first-order valence-electron chi connectivity index (χ1n) is 5.51. The second kappa shape index (κ2) is 4.90. The van der Waals surface area contributed by atoms with Crippen molar-refractivity contribution in [2.75, 3.05) is 33.8 Å². The summed E-state index contributed by atoms with van der Waals surface area (Å²) in [5.41, 5.74) is 0. The van der Waals surface area contributed by atoms with Crippen molar-refractivity contribution in [1.82, 2.24) is 20.4 Å². The van der Waals surface area contributed by atoms with E-state index in [4.69, 9.17) is 9.26 Å². The van der Waals surface area contributed by atoms with Gasteiger partial charge >= 0.3 is 0 Å². The van der Waals surface area contributed by atoms with E-state index in [1.165, 1.54) is 0 Å². The number of rotatable bonds is 3. The lowest BCUT2D eigenvalue weighted by atomic mass is 10.2. The van der Waals surface area contributed by atoms with E-state index < -0.39 is 0 Å². The van der Waals surface area contributed by atoms with E-state index in [-0.39, 0.29) is 12.1 Å². The van der Waals surface area contributed by atoms with Crippen LogP contribution in [-0.4, -0.2) is 48.8 Å². The van der Waals surface area contributed by atoms with Crippen molar-refractivity contribution in [2.24, 2.45) is 0 Å². The fourth-order valence-corrected chi connectivity index (χ4v) is 1.61. The number of hydrogen-bond acceptors (Lipinski definition) is 6. The third kappa shape index (κ3) is 2.40. The molecule has 1 aromatic heterocycles. The molecule has 2 unspecified atom stereocenters. The summed E-state index contributed by atoms with van der Waals surface area (Å²) in [7, 11) is 3.92. The maximum absolute atomic E-state index is 5.61. The highest BCUT2D eigenvalue weighted by Gasteiger charge is 2.25. The molecule has 1 aliphatic heterocycles. The molecule has 1 fully saturated rings. The van der Waals surface area contributed by atoms with E-state index >= 15 is 0 Å². The van der Waals surface area contributed by atoms with Crippen LogP contribution in [0, 0.1) is 0 Å². The minimum Gasteiger partial charge on any atom is -0.367 e. The quantitative estimate of drug-likeness (QED) is 0.802. The number of morpholine rings is 1. The van der Waals surface area contributed by atoms with Crippen LogP contribution in [0.5, 0.6) is 0 Å². The number of nitrogens with zero attached hydrogens (tertiary/aromatic N) is 3. The van der Waals surface area contributed by atoms with E-state index in [9.17, 15) is 0 Å². The number of likely N-dealkylation sites (N-methyl/N-ethyl adjacent to an activating group) is 1. The summed E-state index contributed by atoms with van der Waals surface area (Å²) < 4.78 is 10.8. The molecule has 1 aromatic rings. The molecular weight excluding hydrogens is 208 g/mol. The van der Waals surface area contributed by atoms with Crippen molar-refractivity contribution in [1.29, 1.82) is 0 Å². The summed E-state index contributed by atoms with van der Waals surface area (Å²) in [6.45, 7) is 4.46. The predicted octanol–water partition coefficient (Wildman–Crippen LogP) is 0.353. The van der Waals surface area contributed by atoms with E-state index in [0.29, 0.717) is 18.3 Å². The Bertz CT molecular complexity index is 341. The van der Waals surface area contributed by atoms with Crippen LogP contribution < -0.4 is 5.32 Å². The minimum absolute atomic E-state index is 0.0692. The third-order valence-corrected chi connectivity index (χ3v) is 2.82. The Hall–Kier alpha value is -0.980. The fourth-order valence-electron chi connectivity index (χ4n) is 1.61. The average molecular weight is 226 g/mol. The molecule has 6 nitrogen and oxygen atoms in total. The Morgan fingerprint density at radius 1 is 1.56 bits per heavy atom. The molecule has 0 aliphatic carbocycles. The van der Waals surface area contributed by atoms with Gasteiger partial charge in [-0.3, -0.25) is 0 Å². The van der Waals surface area contributed by atoms with Crippen LogP contribution in [0.15, 0.2) is 4.52 Å². The first kappa shape index (κ1) is 11.5. The van der Waals surface area contributed by atoms with Gasteiger partial charge in [0.15, 0.2) is 0 Å². The topological polar surface area (TPSA) is 63.4 Å². The lowest BCUT2D eigenvalue weighted by Crippen LogP contribution is -2.35. The summed E-state index contributed by atoms with van der Waals surface area (Å²) in [6, 6.07) is 0.0718. The minimum atomic E-state index is -0.0692. The van der Waals surface area contributed by atoms with Crippen LogP contribution in [0.4, 0.5) is 0 Å².